The summed E-state index contributed by atoms with van der Waals surface area (Å²) >= 11 is 0.640. The fourth-order valence-corrected chi connectivity index (χ4v) is 4.65. The first kappa shape index (κ1) is 17.4. The third kappa shape index (κ3) is 2.97. The van der Waals surface area contributed by atoms with Gasteiger partial charge in [0.05, 0.1) is 22.2 Å². The molecule has 0 radical (unpaired) electrons. The van der Waals surface area contributed by atoms with E-state index in [0.29, 0.717) is 24.2 Å². The van der Waals surface area contributed by atoms with Crippen LogP contribution in [0.3, 0.4) is 0 Å². The number of hydrogen-bond donors (Lipinski definition) is 1. The van der Waals surface area contributed by atoms with Crippen molar-refractivity contribution in [3.8, 4) is 10.6 Å². The van der Waals surface area contributed by atoms with Gasteiger partial charge in [0.25, 0.3) is 6.43 Å². The average molecular weight is 403 g/mol. The minimum absolute atomic E-state index is 0.100. The standard InChI is InChI=1S/C14H12F3N5O2S2/c1-14(2-3-14)21-26(23,24)7-4-9-8(6-18-22(9)10(15)5-7)12-19-20-13(25-12)11(16)17/h4-6,11,21H,2-3H2,1H3. The SMILES string of the molecule is CC1(NS(=O)(=O)c2cc(F)n3ncc(-c4nnc(C(F)F)s4)c3c2)CC1. The zero-order valence-electron chi connectivity index (χ0n) is 13.3. The van der Waals surface area contributed by atoms with Crippen molar-refractivity contribution in [3.63, 3.8) is 0 Å². The van der Waals surface area contributed by atoms with Gasteiger partial charge >= 0.3 is 0 Å². The number of pyridine rings is 1. The molecule has 4 rings (SSSR count). The molecule has 0 bridgehead atoms. The van der Waals surface area contributed by atoms with Crippen LogP contribution in [0.1, 0.15) is 31.2 Å². The smallest absolute Gasteiger partial charge is 0.207 e. The monoisotopic (exact) mass is 403 g/mol. The molecule has 1 saturated carbocycles. The maximum Gasteiger partial charge on any atom is 0.291 e. The summed E-state index contributed by atoms with van der Waals surface area (Å²) in [5.41, 5.74) is -0.193. The summed E-state index contributed by atoms with van der Waals surface area (Å²) < 4.78 is 68.2. The molecule has 1 N–H and O–H groups in total. The molecule has 1 aliphatic rings. The van der Waals surface area contributed by atoms with E-state index in [1.807, 2.05) is 0 Å². The van der Waals surface area contributed by atoms with Crippen molar-refractivity contribution in [1.82, 2.24) is 24.5 Å². The second kappa shape index (κ2) is 5.72. The number of hydrogen-bond acceptors (Lipinski definition) is 6. The Morgan fingerprint density at radius 2 is 2.04 bits per heavy atom. The molecule has 26 heavy (non-hydrogen) atoms. The number of nitrogens with one attached hydrogen (secondary N) is 1. The molecule has 138 valence electrons. The van der Waals surface area contributed by atoms with Crippen molar-refractivity contribution in [2.45, 2.75) is 36.6 Å². The second-order valence-corrected chi connectivity index (χ2v) is 8.97. The van der Waals surface area contributed by atoms with E-state index in [0.717, 1.165) is 10.6 Å². The van der Waals surface area contributed by atoms with Crippen LogP contribution in [0.4, 0.5) is 13.2 Å². The van der Waals surface area contributed by atoms with Gasteiger partial charge in [-0.2, -0.15) is 9.49 Å². The van der Waals surface area contributed by atoms with E-state index in [9.17, 15) is 21.6 Å². The molecule has 1 aliphatic carbocycles. The molecule has 0 aliphatic heterocycles. The lowest BCUT2D eigenvalue weighted by Crippen LogP contribution is -2.34. The maximum atomic E-state index is 14.3. The lowest BCUT2D eigenvalue weighted by molar-refractivity contribution is 0.150. The van der Waals surface area contributed by atoms with E-state index in [1.54, 1.807) is 6.92 Å². The number of aromatic nitrogens is 4. The second-order valence-electron chi connectivity index (χ2n) is 6.28. The highest BCUT2D eigenvalue weighted by Crippen LogP contribution is 2.37. The Hall–Kier alpha value is -2.05. The van der Waals surface area contributed by atoms with Gasteiger partial charge in [-0.3, -0.25) is 0 Å². The van der Waals surface area contributed by atoms with Crippen molar-refractivity contribution in [1.29, 1.82) is 0 Å². The first-order valence-electron chi connectivity index (χ1n) is 7.52. The van der Waals surface area contributed by atoms with Crippen LogP contribution in [0.2, 0.25) is 0 Å². The number of alkyl halides is 2. The summed E-state index contributed by atoms with van der Waals surface area (Å²) in [6, 6.07) is 2.10. The molecule has 0 spiro atoms. The Morgan fingerprint density at radius 3 is 2.65 bits per heavy atom. The molecule has 0 aromatic carbocycles. The van der Waals surface area contributed by atoms with Crippen molar-refractivity contribution < 1.29 is 21.6 Å². The lowest BCUT2D eigenvalue weighted by Gasteiger charge is -2.12. The van der Waals surface area contributed by atoms with Crippen molar-refractivity contribution in [3.05, 3.63) is 29.3 Å². The molecule has 0 atom stereocenters. The van der Waals surface area contributed by atoms with Crippen LogP contribution in [0, 0.1) is 5.95 Å². The molecule has 3 aromatic rings. The quantitative estimate of drug-likeness (QED) is 0.662. The molecule has 3 heterocycles. The number of fused-ring (bicyclic) bond motifs is 1. The number of nitrogens with zero attached hydrogens (tertiary/aromatic N) is 4. The van der Waals surface area contributed by atoms with Gasteiger partial charge in [0.2, 0.25) is 16.0 Å². The van der Waals surface area contributed by atoms with Gasteiger partial charge in [-0.1, -0.05) is 11.3 Å². The predicted molar refractivity (Wildman–Crippen MR) is 87.0 cm³/mol. The molecule has 7 nitrogen and oxygen atoms in total. The van der Waals surface area contributed by atoms with E-state index in [-0.39, 0.29) is 21.0 Å². The summed E-state index contributed by atoms with van der Waals surface area (Å²) in [4.78, 5) is -0.268. The summed E-state index contributed by atoms with van der Waals surface area (Å²) in [5, 5.41) is 10.5. The van der Waals surface area contributed by atoms with Gasteiger partial charge in [0.15, 0.2) is 10.0 Å². The number of rotatable bonds is 5. The summed E-state index contributed by atoms with van der Waals surface area (Å²) in [7, 11) is -3.94. The van der Waals surface area contributed by atoms with Gasteiger partial charge in [0, 0.05) is 11.6 Å². The first-order chi connectivity index (χ1) is 12.2. The summed E-state index contributed by atoms with van der Waals surface area (Å²) in [6.07, 6.45) is -0.133. The van der Waals surface area contributed by atoms with E-state index < -0.39 is 32.9 Å². The van der Waals surface area contributed by atoms with Crippen LogP contribution < -0.4 is 4.72 Å². The van der Waals surface area contributed by atoms with E-state index in [2.05, 4.69) is 20.0 Å². The summed E-state index contributed by atoms with van der Waals surface area (Å²) in [6.45, 7) is 1.76. The Bertz CT molecular complexity index is 1110. The first-order valence-corrected chi connectivity index (χ1v) is 9.82. The van der Waals surface area contributed by atoms with Crippen LogP contribution in [0.5, 0.6) is 0 Å². The van der Waals surface area contributed by atoms with Gasteiger partial charge in [-0.15, -0.1) is 10.2 Å². The van der Waals surface area contributed by atoms with Gasteiger partial charge in [0.1, 0.15) is 0 Å². The highest BCUT2D eigenvalue weighted by molar-refractivity contribution is 7.89. The van der Waals surface area contributed by atoms with Crippen LogP contribution in [0.15, 0.2) is 23.2 Å². The Kier molecular flexibility index (Phi) is 3.82. The third-order valence-electron chi connectivity index (χ3n) is 4.10. The zero-order chi connectivity index (χ0) is 18.7. The zero-order valence-corrected chi connectivity index (χ0v) is 14.9. The molecule has 1 fully saturated rings. The fourth-order valence-electron chi connectivity index (χ4n) is 2.45. The van der Waals surface area contributed by atoms with E-state index >= 15 is 0 Å². The predicted octanol–water partition coefficient (Wildman–Crippen LogP) is 2.76. The average Bonchev–Trinajstić information content (AvgIpc) is 3.00. The normalized spacial score (nSPS) is 16.5. The Morgan fingerprint density at radius 1 is 1.31 bits per heavy atom. The molecule has 0 saturated heterocycles. The molecular weight excluding hydrogens is 391 g/mol. The number of sulfonamides is 1. The third-order valence-corrected chi connectivity index (χ3v) is 6.68. The van der Waals surface area contributed by atoms with E-state index in [4.69, 9.17) is 0 Å². The molecule has 3 aromatic heterocycles. The fraction of sp³-hybridized carbons (Fsp3) is 0.357. The Labute approximate surface area is 149 Å². The topological polar surface area (TPSA) is 89.2 Å². The minimum Gasteiger partial charge on any atom is -0.207 e. The maximum absolute atomic E-state index is 14.3. The highest BCUT2D eigenvalue weighted by Gasteiger charge is 2.41. The molecule has 0 unspecified atom stereocenters. The largest absolute Gasteiger partial charge is 0.291 e. The van der Waals surface area contributed by atoms with Crippen LogP contribution >= 0.6 is 11.3 Å². The number of halogens is 3. The van der Waals surface area contributed by atoms with Gasteiger partial charge in [-0.05, 0) is 25.8 Å². The van der Waals surface area contributed by atoms with Crippen LogP contribution in [-0.4, -0.2) is 33.8 Å². The molecular formula is C14H12F3N5O2S2. The lowest BCUT2D eigenvalue weighted by atomic mass is 10.3. The van der Waals surface area contributed by atoms with Gasteiger partial charge in [-0.25, -0.2) is 26.4 Å². The highest BCUT2D eigenvalue weighted by atomic mass is 32.2. The van der Waals surface area contributed by atoms with Crippen LogP contribution in [-0.2, 0) is 10.0 Å². The van der Waals surface area contributed by atoms with Crippen molar-refractivity contribution >= 4 is 26.9 Å². The minimum atomic E-state index is -3.94. The van der Waals surface area contributed by atoms with E-state index in [1.165, 1.54) is 12.3 Å². The molecule has 0 amide bonds. The Balaban J connectivity index is 1.82. The van der Waals surface area contributed by atoms with Gasteiger partial charge < -0.3 is 0 Å². The van der Waals surface area contributed by atoms with Crippen molar-refractivity contribution in [2.75, 3.05) is 0 Å². The van der Waals surface area contributed by atoms with Crippen LogP contribution in [0.25, 0.3) is 16.1 Å². The van der Waals surface area contributed by atoms with Crippen molar-refractivity contribution in [2.24, 2.45) is 0 Å². The molecule has 12 heteroatoms. The summed E-state index contributed by atoms with van der Waals surface area (Å²) in [5.74, 6) is -0.895.